The highest BCUT2D eigenvalue weighted by Gasteiger charge is 2.27. The van der Waals surface area contributed by atoms with Crippen molar-refractivity contribution in [3.63, 3.8) is 0 Å². The highest BCUT2D eigenvalue weighted by Crippen LogP contribution is 2.28. The molecule has 25 heavy (non-hydrogen) atoms. The number of piperidine rings is 1. The Balaban J connectivity index is 1.90. The van der Waals surface area contributed by atoms with Crippen LogP contribution in [0.15, 0.2) is 36.4 Å². The van der Waals surface area contributed by atoms with Crippen molar-refractivity contribution in [1.29, 1.82) is 0 Å². The van der Waals surface area contributed by atoms with Crippen molar-refractivity contribution in [2.75, 3.05) is 13.1 Å². The van der Waals surface area contributed by atoms with E-state index >= 15 is 0 Å². The molecule has 0 aromatic heterocycles. The standard InChI is InChI=1S/C20H22F2N2O/c1-13-10-15(21)6-8-17(13)18-7-5-14(11-19(18)22)20(25)24-9-3-2-4-16(24)12-23/h5-8,10-11,16H,2-4,9,12,23H2,1H3. The lowest BCUT2D eigenvalue weighted by molar-refractivity contribution is 0.0623. The number of nitrogens with zero attached hydrogens (tertiary/aromatic N) is 1. The zero-order chi connectivity index (χ0) is 18.0. The molecule has 132 valence electrons. The summed E-state index contributed by atoms with van der Waals surface area (Å²) in [5, 5.41) is 0. The summed E-state index contributed by atoms with van der Waals surface area (Å²) in [6, 6.07) is 8.73. The van der Waals surface area contributed by atoms with Crippen molar-refractivity contribution in [2.24, 2.45) is 5.73 Å². The van der Waals surface area contributed by atoms with Gasteiger partial charge in [0.15, 0.2) is 0 Å². The van der Waals surface area contributed by atoms with Crippen molar-refractivity contribution < 1.29 is 13.6 Å². The van der Waals surface area contributed by atoms with Gasteiger partial charge in [-0.2, -0.15) is 0 Å². The lowest BCUT2D eigenvalue weighted by atomic mass is 9.97. The molecule has 1 aliphatic rings. The number of hydrogen-bond donors (Lipinski definition) is 1. The lowest BCUT2D eigenvalue weighted by Crippen LogP contribution is -2.47. The van der Waals surface area contributed by atoms with Crippen LogP contribution in [-0.2, 0) is 0 Å². The summed E-state index contributed by atoms with van der Waals surface area (Å²) in [5.74, 6) is -1.02. The summed E-state index contributed by atoms with van der Waals surface area (Å²) < 4.78 is 27.9. The van der Waals surface area contributed by atoms with Crippen molar-refractivity contribution in [1.82, 2.24) is 4.90 Å². The molecule has 2 aromatic carbocycles. The van der Waals surface area contributed by atoms with Gasteiger partial charge in [0.2, 0.25) is 0 Å². The number of benzene rings is 2. The average Bonchev–Trinajstić information content (AvgIpc) is 2.61. The van der Waals surface area contributed by atoms with Crippen LogP contribution in [0.5, 0.6) is 0 Å². The molecule has 1 amide bonds. The van der Waals surface area contributed by atoms with Crippen LogP contribution >= 0.6 is 0 Å². The lowest BCUT2D eigenvalue weighted by Gasteiger charge is -2.35. The summed E-state index contributed by atoms with van der Waals surface area (Å²) in [7, 11) is 0. The maximum absolute atomic E-state index is 14.6. The van der Waals surface area contributed by atoms with Gasteiger partial charge in [-0.05, 0) is 61.6 Å². The third-order valence-electron chi connectivity index (χ3n) is 4.85. The Bertz CT molecular complexity index is 791. The summed E-state index contributed by atoms with van der Waals surface area (Å²) in [6.45, 7) is 2.80. The minimum Gasteiger partial charge on any atom is -0.334 e. The van der Waals surface area contributed by atoms with E-state index in [4.69, 9.17) is 5.73 Å². The SMILES string of the molecule is Cc1cc(F)ccc1-c1ccc(C(=O)N2CCCCC2CN)cc1F. The second kappa shape index (κ2) is 7.31. The summed E-state index contributed by atoms with van der Waals surface area (Å²) in [4.78, 5) is 14.5. The second-order valence-corrected chi connectivity index (χ2v) is 6.54. The van der Waals surface area contributed by atoms with Crippen LogP contribution in [0.3, 0.4) is 0 Å². The first-order chi connectivity index (χ1) is 12.0. The molecule has 2 N–H and O–H groups in total. The topological polar surface area (TPSA) is 46.3 Å². The summed E-state index contributed by atoms with van der Waals surface area (Å²) in [5.41, 5.74) is 7.73. The summed E-state index contributed by atoms with van der Waals surface area (Å²) in [6.07, 6.45) is 2.89. The fraction of sp³-hybridized carbons (Fsp3) is 0.350. The molecule has 0 spiro atoms. The fourth-order valence-electron chi connectivity index (χ4n) is 3.47. The number of carbonyl (C=O) groups excluding carboxylic acids is 1. The first-order valence-corrected chi connectivity index (χ1v) is 8.58. The predicted octanol–water partition coefficient (Wildman–Crippen LogP) is 3.89. The molecule has 1 aliphatic heterocycles. The molecule has 0 saturated carbocycles. The molecule has 1 heterocycles. The van der Waals surface area contributed by atoms with Gasteiger partial charge in [-0.3, -0.25) is 4.79 Å². The molecule has 0 aliphatic carbocycles. The number of carbonyl (C=O) groups is 1. The molecule has 2 aromatic rings. The van der Waals surface area contributed by atoms with Crippen LogP contribution in [0.4, 0.5) is 8.78 Å². The Labute approximate surface area is 146 Å². The third-order valence-corrected chi connectivity index (χ3v) is 4.85. The Morgan fingerprint density at radius 3 is 2.60 bits per heavy atom. The van der Waals surface area contributed by atoms with Crippen molar-refractivity contribution in [2.45, 2.75) is 32.2 Å². The summed E-state index contributed by atoms with van der Waals surface area (Å²) >= 11 is 0. The Kier molecular flexibility index (Phi) is 5.13. The minimum atomic E-state index is -0.484. The van der Waals surface area contributed by atoms with Gasteiger partial charge < -0.3 is 10.6 Å². The largest absolute Gasteiger partial charge is 0.334 e. The Hall–Kier alpha value is -2.27. The van der Waals surface area contributed by atoms with E-state index in [-0.39, 0.29) is 17.8 Å². The van der Waals surface area contributed by atoms with Gasteiger partial charge in [-0.15, -0.1) is 0 Å². The third kappa shape index (κ3) is 3.56. The molecule has 5 heteroatoms. The average molecular weight is 344 g/mol. The van der Waals surface area contributed by atoms with E-state index in [0.29, 0.717) is 35.3 Å². The number of halogens is 2. The van der Waals surface area contributed by atoms with Gasteiger partial charge in [0.1, 0.15) is 11.6 Å². The van der Waals surface area contributed by atoms with Gasteiger partial charge in [0.25, 0.3) is 5.91 Å². The van der Waals surface area contributed by atoms with Crippen LogP contribution < -0.4 is 5.73 Å². The van der Waals surface area contributed by atoms with Gasteiger partial charge in [0.05, 0.1) is 0 Å². The Morgan fingerprint density at radius 1 is 1.16 bits per heavy atom. The van der Waals surface area contributed by atoms with Gasteiger partial charge in [-0.1, -0.05) is 12.1 Å². The molecule has 1 unspecified atom stereocenters. The number of hydrogen-bond acceptors (Lipinski definition) is 2. The van der Waals surface area contributed by atoms with E-state index in [2.05, 4.69) is 0 Å². The number of aryl methyl sites for hydroxylation is 1. The van der Waals surface area contributed by atoms with Crippen LogP contribution in [-0.4, -0.2) is 29.9 Å². The number of likely N-dealkylation sites (tertiary alicyclic amines) is 1. The van der Waals surface area contributed by atoms with Crippen molar-refractivity contribution >= 4 is 5.91 Å². The number of amides is 1. The van der Waals surface area contributed by atoms with Crippen LogP contribution in [0.2, 0.25) is 0 Å². The maximum atomic E-state index is 14.6. The highest BCUT2D eigenvalue weighted by molar-refractivity contribution is 5.95. The van der Waals surface area contributed by atoms with Gasteiger partial charge in [-0.25, -0.2) is 8.78 Å². The molecule has 0 bridgehead atoms. The number of nitrogens with two attached hydrogens (primary N) is 1. The number of rotatable bonds is 3. The molecular weight excluding hydrogens is 322 g/mol. The Morgan fingerprint density at radius 2 is 1.92 bits per heavy atom. The van der Waals surface area contributed by atoms with E-state index in [9.17, 15) is 13.6 Å². The van der Waals surface area contributed by atoms with E-state index in [1.165, 1.54) is 18.2 Å². The van der Waals surface area contributed by atoms with E-state index in [0.717, 1.165) is 19.3 Å². The molecule has 1 fully saturated rings. The van der Waals surface area contributed by atoms with Gasteiger partial charge in [0, 0.05) is 30.3 Å². The van der Waals surface area contributed by atoms with Crippen molar-refractivity contribution in [3.05, 3.63) is 59.2 Å². The van der Waals surface area contributed by atoms with E-state index < -0.39 is 5.82 Å². The minimum absolute atomic E-state index is 0.0170. The molecule has 3 nitrogen and oxygen atoms in total. The normalized spacial score (nSPS) is 17.6. The maximum Gasteiger partial charge on any atom is 0.254 e. The van der Waals surface area contributed by atoms with Crippen LogP contribution in [0.1, 0.15) is 35.2 Å². The van der Waals surface area contributed by atoms with Gasteiger partial charge >= 0.3 is 0 Å². The van der Waals surface area contributed by atoms with Crippen LogP contribution in [0, 0.1) is 18.6 Å². The quantitative estimate of drug-likeness (QED) is 0.918. The van der Waals surface area contributed by atoms with Crippen LogP contribution in [0.25, 0.3) is 11.1 Å². The fourth-order valence-corrected chi connectivity index (χ4v) is 3.47. The molecule has 3 rings (SSSR count). The molecule has 0 radical (unpaired) electrons. The smallest absolute Gasteiger partial charge is 0.254 e. The molecule has 1 saturated heterocycles. The van der Waals surface area contributed by atoms with E-state index in [1.807, 2.05) is 0 Å². The highest BCUT2D eigenvalue weighted by atomic mass is 19.1. The molecular formula is C20H22F2N2O. The monoisotopic (exact) mass is 344 g/mol. The zero-order valence-electron chi connectivity index (χ0n) is 14.3. The first kappa shape index (κ1) is 17.5. The predicted molar refractivity (Wildman–Crippen MR) is 94.3 cm³/mol. The van der Waals surface area contributed by atoms with Crippen molar-refractivity contribution in [3.8, 4) is 11.1 Å². The van der Waals surface area contributed by atoms with E-state index in [1.54, 1.807) is 30.0 Å². The second-order valence-electron chi connectivity index (χ2n) is 6.54. The molecule has 1 atom stereocenters. The first-order valence-electron chi connectivity index (χ1n) is 8.58. The zero-order valence-corrected chi connectivity index (χ0v) is 14.3.